The Balaban J connectivity index is 3.22. The van der Waals surface area contributed by atoms with Crippen LogP contribution in [-0.4, -0.2) is 23.8 Å². The SMILES string of the molecule is CCN(CC)C1=C(C)C(=O)C1(C)C(C)(C)C. The van der Waals surface area contributed by atoms with Gasteiger partial charge in [-0.1, -0.05) is 20.8 Å². The predicted octanol–water partition coefficient (Wildman–Crippen LogP) is 3.24. The molecule has 16 heavy (non-hydrogen) atoms. The number of rotatable bonds is 3. The second-order valence-electron chi connectivity index (χ2n) is 5.85. The third-order valence-electron chi connectivity index (χ3n) is 4.20. The van der Waals surface area contributed by atoms with Gasteiger partial charge in [-0.3, -0.25) is 4.79 Å². The molecule has 0 N–H and O–H groups in total. The molecule has 0 fully saturated rings. The standard InChI is InChI=1S/C14H25NO/c1-8-15(9-2)11-10(3)12(16)14(11,7)13(4,5)6/h8-9H2,1-7H3. The molecule has 0 aromatic carbocycles. The van der Waals surface area contributed by atoms with Gasteiger partial charge in [0.05, 0.1) is 5.41 Å². The molecule has 0 aliphatic heterocycles. The average molecular weight is 223 g/mol. The summed E-state index contributed by atoms with van der Waals surface area (Å²) in [5.41, 5.74) is 1.90. The Labute approximate surface area is 99.7 Å². The minimum absolute atomic E-state index is 0.0124. The maximum absolute atomic E-state index is 12.2. The van der Waals surface area contributed by atoms with Crippen LogP contribution in [0.15, 0.2) is 11.3 Å². The Kier molecular flexibility index (Phi) is 3.24. The Morgan fingerprint density at radius 1 is 1.19 bits per heavy atom. The van der Waals surface area contributed by atoms with Gasteiger partial charge < -0.3 is 4.90 Å². The first kappa shape index (κ1) is 13.3. The molecule has 0 aromatic rings. The Morgan fingerprint density at radius 2 is 1.62 bits per heavy atom. The fourth-order valence-electron chi connectivity index (χ4n) is 2.69. The van der Waals surface area contributed by atoms with Gasteiger partial charge in [-0.2, -0.15) is 0 Å². The van der Waals surface area contributed by atoms with E-state index in [1.807, 2.05) is 6.92 Å². The van der Waals surface area contributed by atoms with Crippen LogP contribution >= 0.6 is 0 Å². The van der Waals surface area contributed by atoms with Crippen LogP contribution in [-0.2, 0) is 4.79 Å². The summed E-state index contributed by atoms with van der Waals surface area (Å²) in [6.07, 6.45) is 0. The highest BCUT2D eigenvalue weighted by Crippen LogP contribution is 2.55. The summed E-state index contributed by atoms with van der Waals surface area (Å²) < 4.78 is 0. The van der Waals surface area contributed by atoms with Gasteiger partial charge in [-0.25, -0.2) is 0 Å². The third-order valence-corrected chi connectivity index (χ3v) is 4.20. The van der Waals surface area contributed by atoms with Crippen molar-refractivity contribution in [2.75, 3.05) is 13.1 Å². The highest BCUT2D eigenvalue weighted by molar-refractivity contribution is 6.09. The first-order chi connectivity index (χ1) is 7.21. The lowest BCUT2D eigenvalue weighted by Gasteiger charge is -2.53. The van der Waals surface area contributed by atoms with Gasteiger partial charge in [-0.05, 0) is 33.1 Å². The first-order valence-electron chi connectivity index (χ1n) is 6.22. The van der Waals surface area contributed by atoms with E-state index in [1.165, 1.54) is 5.70 Å². The zero-order valence-electron chi connectivity index (χ0n) is 11.8. The fourth-order valence-corrected chi connectivity index (χ4v) is 2.69. The van der Waals surface area contributed by atoms with E-state index in [2.05, 4.69) is 46.4 Å². The van der Waals surface area contributed by atoms with E-state index in [0.29, 0.717) is 5.78 Å². The summed E-state index contributed by atoms with van der Waals surface area (Å²) >= 11 is 0. The van der Waals surface area contributed by atoms with Gasteiger partial charge in [-0.15, -0.1) is 0 Å². The maximum Gasteiger partial charge on any atom is 0.172 e. The van der Waals surface area contributed by atoms with Crippen molar-refractivity contribution in [2.45, 2.75) is 48.5 Å². The zero-order valence-corrected chi connectivity index (χ0v) is 11.8. The summed E-state index contributed by atoms with van der Waals surface area (Å²) in [6.45, 7) is 16.8. The van der Waals surface area contributed by atoms with Crippen LogP contribution in [0.3, 0.4) is 0 Å². The number of carbonyl (C=O) groups excluding carboxylic acids is 1. The molecule has 2 nitrogen and oxygen atoms in total. The molecule has 0 amide bonds. The normalized spacial score (nSPS) is 25.8. The molecule has 0 heterocycles. The molecular weight excluding hydrogens is 198 g/mol. The van der Waals surface area contributed by atoms with Crippen molar-refractivity contribution < 1.29 is 4.79 Å². The van der Waals surface area contributed by atoms with Crippen LogP contribution in [0.5, 0.6) is 0 Å². The second kappa shape index (κ2) is 3.90. The van der Waals surface area contributed by atoms with Crippen molar-refractivity contribution in [3.8, 4) is 0 Å². The number of carbonyl (C=O) groups is 1. The Bertz CT molecular complexity index is 331. The number of ketones is 1. The number of Topliss-reactive ketones (excluding diaryl/α,β-unsaturated/α-hetero) is 1. The minimum atomic E-state index is -0.302. The summed E-state index contributed by atoms with van der Waals surface area (Å²) in [6, 6.07) is 0. The van der Waals surface area contributed by atoms with Crippen LogP contribution in [0.1, 0.15) is 48.5 Å². The molecular formula is C14H25NO. The highest BCUT2D eigenvalue weighted by Gasteiger charge is 2.56. The molecule has 0 spiro atoms. The quantitative estimate of drug-likeness (QED) is 0.732. The van der Waals surface area contributed by atoms with Crippen LogP contribution in [0.2, 0.25) is 0 Å². The molecule has 0 aromatic heterocycles. The lowest BCUT2D eigenvalue weighted by molar-refractivity contribution is -0.133. The summed E-state index contributed by atoms with van der Waals surface area (Å²) in [5, 5.41) is 0. The third kappa shape index (κ3) is 1.50. The highest BCUT2D eigenvalue weighted by atomic mass is 16.1. The van der Waals surface area contributed by atoms with Crippen LogP contribution in [0.25, 0.3) is 0 Å². The molecule has 0 bridgehead atoms. The Morgan fingerprint density at radius 3 is 1.94 bits per heavy atom. The van der Waals surface area contributed by atoms with E-state index in [1.54, 1.807) is 0 Å². The zero-order chi connectivity index (χ0) is 12.7. The van der Waals surface area contributed by atoms with Crippen molar-refractivity contribution in [2.24, 2.45) is 10.8 Å². The number of allylic oxidation sites excluding steroid dienone is 2. The van der Waals surface area contributed by atoms with E-state index in [0.717, 1.165) is 18.7 Å². The molecule has 0 saturated carbocycles. The van der Waals surface area contributed by atoms with Crippen molar-refractivity contribution in [3.05, 3.63) is 11.3 Å². The van der Waals surface area contributed by atoms with Gasteiger partial charge in [0.25, 0.3) is 0 Å². The molecule has 0 radical (unpaired) electrons. The predicted molar refractivity (Wildman–Crippen MR) is 68.2 cm³/mol. The molecule has 2 heteroatoms. The molecule has 1 atom stereocenters. The maximum atomic E-state index is 12.2. The van der Waals surface area contributed by atoms with E-state index in [4.69, 9.17) is 0 Å². The van der Waals surface area contributed by atoms with Crippen molar-refractivity contribution in [1.29, 1.82) is 0 Å². The molecule has 0 saturated heterocycles. The first-order valence-corrected chi connectivity index (χ1v) is 6.22. The summed E-state index contributed by atoms with van der Waals surface area (Å²) in [7, 11) is 0. The van der Waals surface area contributed by atoms with Gasteiger partial charge in [0, 0.05) is 24.4 Å². The number of hydrogen-bond donors (Lipinski definition) is 0. The summed E-state index contributed by atoms with van der Waals surface area (Å²) in [5.74, 6) is 0.321. The number of hydrogen-bond acceptors (Lipinski definition) is 2. The van der Waals surface area contributed by atoms with E-state index < -0.39 is 0 Å². The van der Waals surface area contributed by atoms with Crippen LogP contribution in [0, 0.1) is 10.8 Å². The smallest absolute Gasteiger partial charge is 0.172 e. The van der Waals surface area contributed by atoms with Crippen LogP contribution < -0.4 is 0 Å². The van der Waals surface area contributed by atoms with E-state index >= 15 is 0 Å². The van der Waals surface area contributed by atoms with Crippen molar-refractivity contribution >= 4 is 5.78 Å². The monoisotopic (exact) mass is 223 g/mol. The van der Waals surface area contributed by atoms with E-state index in [9.17, 15) is 4.79 Å². The minimum Gasteiger partial charge on any atom is -0.374 e. The molecule has 92 valence electrons. The molecule has 1 unspecified atom stereocenters. The Hall–Kier alpha value is -0.790. The molecule has 1 aliphatic rings. The summed E-state index contributed by atoms with van der Waals surface area (Å²) in [4.78, 5) is 14.5. The topological polar surface area (TPSA) is 20.3 Å². The van der Waals surface area contributed by atoms with Gasteiger partial charge in [0.15, 0.2) is 5.78 Å². The number of nitrogens with zero attached hydrogens (tertiary/aromatic N) is 1. The average Bonchev–Trinajstić information content (AvgIpc) is 2.22. The van der Waals surface area contributed by atoms with Gasteiger partial charge in [0.1, 0.15) is 0 Å². The van der Waals surface area contributed by atoms with Crippen molar-refractivity contribution in [3.63, 3.8) is 0 Å². The van der Waals surface area contributed by atoms with Crippen molar-refractivity contribution in [1.82, 2.24) is 4.90 Å². The van der Waals surface area contributed by atoms with E-state index in [-0.39, 0.29) is 10.8 Å². The van der Waals surface area contributed by atoms with Crippen LogP contribution in [0.4, 0.5) is 0 Å². The van der Waals surface area contributed by atoms with Gasteiger partial charge >= 0.3 is 0 Å². The fraction of sp³-hybridized carbons (Fsp3) is 0.786. The van der Waals surface area contributed by atoms with Gasteiger partial charge in [0.2, 0.25) is 0 Å². The lowest BCUT2D eigenvalue weighted by Crippen LogP contribution is -2.55. The molecule has 1 rings (SSSR count). The lowest BCUT2D eigenvalue weighted by atomic mass is 9.54. The second-order valence-corrected chi connectivity index (χ2v) is 5.85. The molecule has 1 aliphatic carbocycles. The largest absolute Gasteiger partial charge is 0.374 e.